The van der Waals surface area contributed by atoms with Gasteiger partial charge in [0.2, 0.25) is 11.8 Å². The normalized spacial score (nSPS) is 12.9. The molecule has 7 nitrogen and oxygen atoms in total. The third kappa shape index (κ3) is 8.05. The Kier molecular flexibility index (Phi) is 8.45. The predicted octanol–water partition coefficient (Wildman–Crippen LogP) is 3.71. The van der Waals surface area contributed by atoms with Gasteiger partial charge < -0.3 is 20.3 Å². The van der Waals surface area contributed by atoms with Crippen LogP contribution in [-0.2, 0) is 14.3 Å². The average molecular weight is 420 g/mol. The van der Waals surface area contributed by atoms with Gasteiger partial charge in [-0.15, -0.1) is 0 Å². The number of carbonyl (C=O) groups is 3. The Balaban J connectivity index is 3.23. The lowest BCUT2D eigenvalue weighted by Gasteiger charge is -2.41. The van der Waals surface area contributed by atoms with Crippen molar-refractivity contribution < 1.29 is 19.1 Å². The molecule has 3 amide bonds. The zero-order valence-corrected chi connectivity index (χ0v) is 19.8. The number of alkyl carbamates (subject to hydrolysis) is 1. The Morgan fingerprint density at radius 2 is 1.53 bits per heavy atom. The van der Waals surface area contributed by atoms with Gasteiger partial charge in [-0.3, -0.25) is 9.59 Å². The van der Waals surface area contributed by atoms with Crippen molar-refractivity contribution in [3.8, 4) is 0 Å². The fourth-order valence-corrected chi connectivity index (χ4v) is 2.98. The van der Waals surface area contributed by atoms with Crippen LogP contribution >= 0.6 is 0 Å². The number of aryl methyl sites for hydroxylation is 1. The van der Waals surface area contributed by atoms with Crippen LogP contribution in [0.15, 0.2) is 24.3 Å². The van der Waals surface area contributed by atoms with Gasteiger partial charge in [-0.1, -0.05) is 29.8 Å². The molecule has 0 saturated carbocycles. The molecular weight excluding hydrogens is 382 g/mol. The first kappa shape index (κ1) is 25.5. The molecule has 1 aromatic carbocycles. The van der Waals surface area contributed by atoms with E-state index in [4.69, 9.17) is 4.74 Å². The monoisotopic (exact) mass is 419 g/mol. The van der Waals surface area contributed by atoms with Crippen LogP contribution < -0.4 is 10.6 Å². The molecule has 1 atom stereocenters. The molecule has 0 aliphatic rings. The van der Waals surface area contributed by atoms with E-state index in [9.17, 15) is 14.4 Å². The van der Waals surface area contributed by atoms with E-state index < -0.39 is 23.3 Å². The van der Waals surface area contributed by atoms with Gasteiger partial charge in [-0.25, -0.2) is 4.79 Å². The van der Waals surface area contributed by atoms with Crippen molar-refractivity contribution in [2.24, 2.45) is 0 Å². The Labute approximate surface area is 180 Å². The molecule has 1 aromatic rings. The summed E-state index contributed by atoms with van der Waals surface area (Å²) in [5.74, 6) is -0.646. The summed E-state index contributed by atoms with van der Waals surface area (Å²) in [5.41, 5.74) is 0.427. The predicted molar refractivity (Wildman–Crippen MR) is 118 cm³/mol. The second-order valence-electron chi connectivity index (χ2n) is 9.77. The number of ether oxygens (including phenoxy) is 1. The van der Waals surface area contributed by atoms with Crippen molar-refractivity contribution in [3.05, 3.63) is 35.4 Å². The van der Waals surface area contributed by atoms with Crippen molar-refractivity contribution in [2.75, 3.05) is 6.54 Å². The van der Waals surface area contributed by atoms with E-state index in [1.54, 1.807) is 20.8 Å². The fraction of sp³-hybridized carbons (Fsp3) is 0.609. The molecule has 30 heavy (non-hydrogen) atoms. The van der Waals surface area contributed by atoms with Crippen LogP contribution in [0.25, 0.3) is 0 Å². The molecule has 168 valence electrons. The molecule has 1 unspecified atom stereocenters. The minimum Gasteiger partial charge on any atom is -0.444 e. The summed E-state index contributed by atoms with van der Waals surface area (Å²) in [4.78, 5) is 39.9. The highest BCUT2D eigenvalue weighted by molar-refractivity contribution is 5.91. The van der Waals surface area contributed by atoms with Crippen LogP contribution in [0.2, 0.25) is 0 Å². The van der Waals surface area contributed by atoms with Crippen molar-refractivity contribution in [2.45, 2.75) is 85.5 Å². The molecule has 2 N–H and O–H groups in total. The first-order chi connectivity index (χ1) is 13.6. The van der Waals surface area contributed by atoms with E-state index in [-0.39, 0.29) is 24.4 Å². The summed E-state index contributed by atoms with van der Waals surface area (Å²) in [7, 11) is 0. The summed E-state index contributed by atoms with van der Waals surface area (Å²) in [6.07, 6.45) is -0.678. The SMILES string of the molecule is Cc1ccc(C(C(=O)NC(C)C)N(C(=O)CNC(=O)OC(C)(C)C)C(C)(C)C)cc1. The Morgan fingerprint density at radius 1 is 1.00 bits per heavy atom. The first-order valence-corrected chi connectivity index (χ1v) is 10.3. The molecule has 0 heterocycles. The van der Waals surface area contributed by atoms with Gasteiger partial charge >= 0.3 is 6.09 Å². The smallest absolute Gasteiger partial charge is 0.408 e. The van der Waals surface area contributed by atoms with Crippen LogP contribution in [-0.4, -0.2) is 46.5 Å². The van der Waals surface area contributed by atoms with E-state index in [0.717, 1.165) is 5.56 Å². The molecule has 0 spiro atoms. The summed E-state index contributed by atoms with van der Waals surface area (Å²) in [6, 6.07) is 6.62. The maximum Gasteiger partial charge on any atom is 0.408 e. The van der Waals surface area contributed by atoms with Gasteiger partial charge in [0, 0.05) is 11.6 Å². The number of nitrogens with zero attached hydrogens (tertiary/aromatic N) is 1. The van der Waals surface area contributed by atoms with Crippen molar-refractivity contribution in [1.29, 1.82) is 0 Å². The third-order valence-electron chi connectivity index (χ3n) is 4.10. The lowest BCUT2D eigenvalue weighted by Crippen LogP contribution is -2.55. The van der Waals surface area contributed by atoms with Crippen LogP contribution in [0, 0.1) is 6.92 Å². The van der Waals surface area contributed by atoms with Crippen LogP contribution in [0.1, 0.15) is 72.6 Å². The highest BCUT2D eigenvalue weighted by Gasteiger charge is 2.38. The Hall–Kier alpha value is -2.57. The van der Waals surface area contributed by atoms with Gasteiger partial charge in [0.15, 0.2) is 0 Å². The largest absolute Gasteiger partial charge is 0.444 e. The molecule has 0 saturated heterocycles. The molecule has 0 radical (unpaired) electrons. The summed E-state index contributed by atoms with van der Waals surface area (Å²) >= 11 is 0. The summed E-state index contributed by atoms with van der Waals surface area (Å²) in [5, 5.41) is 5.42. The Morgan fingerprint density at radius 3 is 1.97 bits per heavy atom. The maximum absolute atomic E-state index is 13.2. The minimum atomic E-state index is -0.832. The molecule has 1 rings (SSSR count). The summed E-state index contributed by atoms with van der Waals surface area (Å²) < 4.78 is 5.21. The van der Waals surface area contributed by atoms with Crippen LogP contribution in [0.3, 0.4) is 0 Å². The molecule has 0 bridgehead atoms. The quantitative estimate of drug-likeness (QED) is 0.736. The lowest BCUT2D eigenvalue weighted by molar-refractivity contribution is -0.146. The van der Waals surface area contributed by atoms with E-state index in [1.165, 1.54) is 4.90 Å². The van der Waals surface area contributed by atoms with Crippen molar-refractivity contribution in [1.82, 2.24) is 15.5 Å². The van der Waals surface area contributed by atoms with Crippen LogP contribution in [0.5, 0.6) is 0 Å². The number of carbonyl (C=O) groups excluding carboxylic acids is 3. The second-order valence-corrected chi connectivity index (χ2v) is 9.77. The second kappa shape index (κ2) is 9.96. The van der Waals surface area contributed by atoms with E-state index in [0.29, 0.717) is 5.56 Å². The number of hydrogen-bond donors (Lipinski definition) is 2. The Bertz CT molecular complexity index is 743. The molecule has 0 aliphatic carbocycles. The van der Waals surface area contributed by atoms with E-state index in [1.807, 2.05) is 65.8 Å². The zero-order chi connectivity index (χ0) is 23.3. The molecule has 7 heteroatoms. The van der Waals surface area contributed by atoms with Crippen molar-refractivity contribution in [3.63, 3.8) is 0 Å². The van der Waals surface area contributed by atoms with Gasteiger partial charge in [0.25, 0.3) is 0 Å². The van der Waals surface area contributed by atoms with Gasteiger partial charge in [0.1, 0.15) is 18.2 Å². The number of rotatable bonds is 6. The van der Waals surface area contributed by atoms with E-state index >= 15 is 0 Å². The van der Waals surface area contributed by atoms with Gasteiger partial charge in [-0.05, 0) is 67.9 Å². The molecule has 0 aliphatic heterocycles. The fourth-order valence-electron chi connectivity index (χ4n) is 2.98. The van der Waals surface area contributed by atoms with Gasteiger partial charge in [0.05, 0.1) is 0 Å². The minimum absolute atomic E-state index is 0.0812. The number of amides is 3. The molecular formula is C23H37N3O4. The number of benzene rings is 1. The standard InChI is InChI=1S/C23H37N3O4/c1-15(2)25-20(28)19(17-12-10-16(3)11-13-17)26(22(4,5)6)18(27)14-24-21(29)30-23(7,8)9/h10-13,15,19H,14H2,1-9H3,(H,24,29)(H,25,28). The zero-order valence-electron chi connectivity index (χ0n) is 19.8. The van der Waals surface area contributed by atoms with Crippen molar-refractivity contribution >= 4 is 17.9 Å². The number of hydrogen-bond acceptors (Lipinski definition) is 4. The maximum atomic E-state index is 13.2. The van der Waals surface area contributed by atoms with Gasteiger partial charge in [-0.2, -0.15) is 0 Å². The average Bonchev–Trinajstić information content (AvgIpc) is 2.55. The topological polar surface area (TPSA) is 87.7 Å². The lowest BCUT2D eigenvalue weighted by atomic mass is 9.96. The molecule has 0 fully saturated rings. The number of nitrogens with one attached hydrogen (secondary N) is 2. The first-order valence-electron chi connectivity index (χ1n) is 10.3. The van der Waals surface area contributed by atoms with Crippen LogP contribution in [0.4, 0.5) is 4.79 Å². The van der Waals surface area contributed by atoms with E-state index in [2.05, 4.69) is 10.6 Å². The third-order valence-corrected chi connectivity index (χ3v) is 4.10. The highest BCUT2D eigenvalue weighted by Crippen LogP contribution is 2.29. The highest BCUT2D eigenvalue weighted by atomic mass is 16.6. The summed E-state index contributed by atoms with van der Waals surface area (Å²) in [6.45, 7) is 16.3. The molecule has 0 aromatic heterocycles.